The minimum Gasteiger partial charge on any atom is -0.467 e. The van der Waals surface area contributed by atoms with Crippen LogP contribution in [0.4, 0.5) is 0 Å². The molecule has 2 heterocycles. The molecule has 1 atom stereocenters. The molecule has 4 nitrogen and oxygen atoms in total. The van der Waals surface area contributed by atoms with E-state index < -0.39 is 0 Å². The van der Waals surface area contributed by atoms with Crippen molar-refractivity contribution < 1.29 is 9.47 Å². The summed E-state index contributed by atoms with van der Waals surface area (Å²) < 4.78 is 13.5. The molecule has 1 aromatic rings. The van der Waals surface area contributed by atoms with Crippen LogP contribution < -0.4 is 4.74 Å². The Bertz CT molecular complexity index is 372. The second kappa shape index (κ2) is 3.48. The van der Waals surface area contributed by atoms with Crippen LogP contribution in [0.25, 0.3) is 0 Å². The first-order valence-electron chi connectivity index (χ1n) is 5.96. The first-order chi connectivity index (χ1) is 7.65. The molecule has 4 heteroatoms. The SMILES string of the molecule is Cc1cc2n(n1)CC(C)(COCC1CC1)O2. The molecule has 1 aromatic heterocycles. The summed E-state index contributed by atoms with van der Waals surface area (Å²) in [5.41, 5.74) is 0.779. The van der Waals surface area contributed by atoms with Crippen LogP contribution >= 0.6 is 0 Å². The lowest BCUT2D eigenvalue weighted by Gasteiger charge is -2.22. The molecule has 0 N–H and O–H groups in total. The van der Waals surface area contributed by atoms with Gasteiger partial charge in [0.25, 0.3) is 0 Å². The Morgan fingerprint density at radius 1 is 1.62 bits per heavy atom. The summed E-state index contributed by atoms with van der Waals surface area (Å²) in [6.45, 7) is 6.41. The second-order valence-corrected chi connectivity index (χ2v) is 5.29. The van der Waals surface area contributed by atoms with Crippen molar-refractivity contribution in [2.24, 2.45) is 5.92 Å². The molecular weight excluding hydrogens is 204 g/mol. The molecule has 0 spiro atoms. The van der Waals surface area contributed by atoms with E-state index in [0.29, 0.717) is 6.61 Å². The summed E-state index contributed by atoms with van der Waals surface area (Å²) in [5.74, 6) is 1.68. The quantitative estimate of drug-likeness (QED) is 0.779. The van der Waals surface area contributed by atoms with Crippen molar-refractivity contribution in [1.82, 2.24) is 9.78 Å². The molecule has 1 fully saturated rings. The number of hydrogen-bond donors (Lipinski definition) is 0. The van der Waals surface area contributed by atoms with Crippen LogP contribution in [-0.4, -0.2) is 28.6 Å². The van der Waals surface area contributed by atoms with E-state index >= 15 is 0 Å². The van der Waals surface area contributed by atoms with E-state index in [2.05, 4.69) is 12.0 Å². The Hall–Kier alpha value is -1.03. The third kappa shape index (κ3) is 1.94. The number of aryl methyl sites for hydroxylation is 1. The number of fused-ring (bicyclic) bond motifs is 1. The minimum atomic E-state index is -0.231. The van der Waals surface area contributed by atoms with Crippen LogP contribution in [0.1, 0.15) is 25.5 Å². The zero-order valence-electron chi connectivity index (χ0n) is 9.90. The molecule has 1 aliphatic carbocycles. The predicted molar refractivity (Wildman–Crippen MR) is 59.5 cm³/mol. The number of nitrogens with zero attached hydrogens (tertiary/aromatic N) is 2. The second-order valence-electron chi connectivity index (χ2n) is 5.29. The normalized spacial score (nSPS) is 27.9. The molecule has 0 radical (unpaired) electrons. The minimum absolute atomic E-state index is 0.231. The maximum absolute atomic E-state index is 5.89. The van der Waals surface area contributed by atoms with Gasteiger partial charge in [0.05, 0.1) is 18.8 Å². The zero-order valence-corrected chi connectivity index (χ0v) is 9.90. The highest BCUT2D eigenvalue weighted by Gasteiger charge is 2.36. The van der Waals surface area contributed by atoms with Crippen LogP contribution in [0.2, 0.25) is 0 Å². The Kier molecular flexibility index (Phi) is 2.21. The third-order valence-electron chi connectivity index (χ3n) is 3.16. The number of rotatable bonds is 4. The van der Waals surface area contributed by atoms with E-state index in [4.69, 9.17) is 9.47 Å². The predicted octanol–water partition coefficient (Wildman–Crippen LogP) is 1.77. The fourth-order valence-corrected chi connectivity index (χ4v) is 2.12. The van der Waals surface area contributed by atoms with Gasteiger partial charge in [-0.05, 0) is 32.6 Å². The van der Waals surface area contributed by atoms with Crippen LogP contribution in [0.15, 0.2) is 6.07 Å². The van der Waals surface area contributed by atoms with E-state index in [9.17, 15) is 0 Å². The van der Waals surface area contributed by atoms with Crippen molar-refractivity contribution in [2.75, 3.05) is 13.2 Å². The van der Waals surface area contributed by atoms with Gasteiger partial charge in [-0.2, -0.15) is 5.10 Å². The molecule has 1 unspecified atom stereocenters. The molecular formula is C12H18N2O2. The van der Waals surface area contributed by atoms with Gasteiger partial charge >= 0.3 is 0 Å². The summed E-state index contributed by atoms with van der Waals surface area (Å²) in [7, 11) is 0. The van der Waals surface area contributed by atoms with Crippen molar-refractivity contribution in [3.8, 4) is 5.88 Å². The Labute approximate surface area is 95.5 Å². The van der Waals surface area contributed by atoms with Gasteiger partial charge in [0.1, 0.15) is 0 Å². The van der Waals surface area contributed by atoms with Gasteiger partial charge in [-0.1, -0.05) is 0 Å². The largest absolute Gasteiger partial charge is 0.467 e. The average molecular weight is 222 g/mol. The molecule has 1 aliphatic heterocycles. The third-order valence-corrected chi connectivity index (χ3v) is 3.16. The number of aromatic nitrogens is 2. The fourth-order valence-electron chi connectivity index (χ4n) is 2.12. The summed E-state index contributed by atoms with van der Waals surface area (Å²) in [5, 5.41) is 4.38. The fraction of sp³-hybridized carbons (Fsp3) is 0.750. The monoisotopic (exact) mass is 222 g/mol. The van der Waals surface area contributed by atoms with Crippen LogP contribution in [0.3, 0.4) is 0 Å². The molecule has 1 saturated carbocycles. The standard InChI is InChI=1S/C12H18N2O2/c1-9-5-11-14(13-9)7-12(2,16-11)8-15-6-10-3-4-10/h5,10H,3-4,6-8H2,1-2H3. The van der Waals surface area contributed by atoms with Gasteiger partial charge in [0.15, 0.2) is 5.60 Å². The van der Waals surface area contributed by atoms with Gasteiger partial charge in [-0.25, -0.2) is 4.68 Å². The van der Waals surface area contributed by atoms with E-state index in [1.54, 1.807) is 0 Å². The molecule has 0 saturated heterocycles. The lowest BCUT2D eigenvalue weighted by molar-refractivity contribution is -0.00720. The first kappa shape index (κ1) is 10.1. The molecule has 0 bridgehead atoms. The molecule has 16 heavy (non-hydrogen) atoms. The van der Waals surface area contributed by atoms with Crippen LogP contribution in [0, 0.1) is 12.8 Å². The van der Waals surface area contributed by atoms with Gasteiger partial charge in [0.2, 0.25) is 5.88 Å². The van der Waals surface area contributed by atoms with Crippen molar-refractivity contribution in [3.63, 3.8) is 0 Å². The van der Waals surface area contributed by atoms with Gasteiger partial charge in [-0.15, -0.1) is 0 Å². The van der Waals surface area contributed by atoms with Crippen molar-refractivity contribution in [3.05, 3.63) is 11.8 Å². The maximum Gasteiger partial charge on any atom is 0.212 e. The number of hydrogen-bond acceptors (Lipinski definition) is 3. The zero-order chi connectivity index (χ0) is 11.2. The number of ether oxygens (including phenoxy) is 2. The highest BCUT2D eigenvalue weighted by atomic mass is 16.6. The lowest BCUT2D eigenvalue weighted by Crippen LogP contribution is -2.37. The Morgan fingerprint density at radius 2 is 2.44 bits per heavy atom. The molecule has 88 valence electrons. The highest BCUT2D eigenvalue weighted by molar-refractivity contribution is 5.19. The average Bonchev–Trinajstić information content (AvgIpc) is 2.86. The summed E-state index contributed by atoms with van der Waals surface area (Å²) in [6, 6.07) is 1.98. The van der Waals surface area contributed by atoms with Gasteiger partial charge in [0, 0.05) is 12.7 Å². The van der Waals surface area contributed by atoms with E-state index in [1.807, 2.05) is 17.7 Å². The van der Waals surface area contributed by atoms with Crippen LogP contribution in [0.5, 0.6) is 5.88 Å². The summed E-state index contributed by atoms with van der Waals surface area (Å²) >= 11 is 0. The molecule has 2 aliphatic rings. The van der Waals surface area contributed by atoms with Crippen LogP contribution in [-0.2, 0) is 11.3 Å². The molecule has 0 aromatic carbocycles. The Morgan fingerprint density at radius 3 is 3.12 bits per heavy atom. The van der Waals surface area contributed by atoms with Gasteiger partial charge < -0.3 is 9.47 Å². The van der Waals surface area contributed by atoms with Gasteiger partial charge in [-0.3, -0.25) is 0 Å². The van der Waals surface area contributed by atoms with Crippen molar-refractivity contribution in [1.29, 1.82) is 0 Å². The van der Waals surface area contributed by atoms with E-state index in [0.717, 1.165) is 30.6 Å². The smallest absolute Gasteiger partial charge is 0.212 e. The lowest BCUT2D eigenvalue weighted by atomic mass is 10.1. The first-order valence-corrected chi connectivity index (χ1v) is 5.96. The maximum atomic E-state index is 5.89. The van der Waals surface area contributed by atoms with Crippen molar-refractivity contribution >= 4 is 0 Å². The topological polar surface area (TPSA) is 36.3 Å². The van der Waals surface area contributed by atoms with Crippen molar-refractivity contribution in [2.45, 2.75) is 38.8 Å². The summed E-state index contributed by atoms with van der Waals surface area (Å²) in [4.78, 5) is 0. The molecule has 0 amide bonds. The summed E-state index contributed by atoms with van der Waals surface area (Å²) in [6.07, 6.45) is 2.66. The van der Waals surface area contributed by atoms with E-state index in [-0.39, 0.29) is 5.60 Å². The van der Waals surface area contributed by atoms with E-state index in [1.165, 1.54) is 12.8 Å². The highest BCUT2D eigenvalue weighted by Crippen LogP contribution is 2.32. The molecule has 3 rings (SSSR count). The Balaban J connectivity index is 1.57.